The molecule has 5 rings (SSSR count). The lowest BCUT2D eigenvalue weighted by molar-refractivity contribution is -0.131. The topological polar surface area (TPSA) is 102 Å². The van der Waals surface area contributed by atoms with E-state index in [4.69, 9.17) is 8.92 Å². The number of fused-ring (bicyclic) bond motifs is 3. The van der Waals surface area contributed by atoms with Crippen LogP contribution in [0, 0.1) is 0 Å². The molecule has 1 aliphatic heterocycles. The number of carbonyl (C=O) groups excluding carboxylic acids is 1. The normalized spacial score (nSPS) is 24.5. The van der Waals surface area contributed by atoms with E-state index >= 15 is 0 Å². The second kappa shape index (κ2) is 10.9. The van der Waals surface area contributed by atoms with E-state index in [2.05, 4.69) is 21.9 Å². The number of likely N-dealkylation sites (N-methyl/N-ethyl adjacent to an activating group) is 1. The third-order valence-corrected chi connectivity index (χ3v) is 9.62. The molecule has 0 spiro atoms. The molecule has 0 unspecified atom stereocenters. The first-order chi connectivity index (χ1) is 17.3. The van der Waals surface area contributed by atoms with Crippen molar-refractivity contribution >= 4 is 37.6 Å². The van der Waals surface area contributed by atoms with Crippen LogP contribution in [0.25, 0.3) is 10.2 Å². The summed E-state index contributed by atoms with van der Waals surface area (Å²) in [7, 11) is -1.38. The molecule has 11 heteroatoms. The molecule has 0 bridgehead atoms. The first-order valence-corrected chi connectivity index (χ1v) is 15.7. The van der Waals surface area contributed by atoms with E-state index in [1.54, 1.807) is 17.7 Å². The molecule has 1 atom stereocenters. The number of amides is 1. The first kappa shape index (κ1) is 25.8. The fourth-order valence-electron chi connectivity index (χ4n) is 5.93. The lowest BCUT2D eigenvalue weighted by atomic mass is 9.92. The van der Waals surface area contributed by atoms with E-state index in [-0.39, 0.29) is 24.5 Å². The van der Waals surface area contributed by atoms with E-state index in [9.17, 15) is 13.2 Å². The minimum Gasteiger partial charge on any atom is -0.474 e. The highest BCUT2D eigenvalue weighted by Crippen LogP contribution is 2.47. The summed E-state index contributed by atoms with van der Waals surface area (Å²) in [4.78, 5) is 28.0. The van der Waals surface area contributed by atoms with E-state index < -0.39 is 10.1 Å². The van der Waals surface area contributed by atoms with Gasteiger partial charge in [0.25, 0.3) is 10.1 Å². The number of carbonyl (C=O) groups is 1. The minimum atomic E-state index is -3.44. The Morgan fingerprint density at radius 3 is 2.64 bits per heavy atom. The predicted molar refractivity (Wildman–Crippen MR) is 139 cm³/mol. The number of hydrogen-bond donors (Lipinski definition) is 0. The Labute approximate surface area is 217 Å². The maximum absolute atomic E-state index is 12.5. The number of ether oxygens (including phenoxy) is 1. The van der Waals surface area contributed by atoms with Crippen LogP contribution in [0.15, 0.2) is 6.33 Å². The van der Waals surface area contributed by atoms with E-state index in [1.165, 1.54) is 10.4 Å². The zero-order chi connectivity index (χ0) is 25.3. The number of hydrogen-bond acceptors (Lipinski definition) is 9. The van der Waals surface area contributed by atoms with Gasteiger partial charge in [0, 0.05) is 24.0 Å². The van der Waals surface area contributed by atoms with Crippen LogP contribution in [0.5, 0.6) is 5.88 Å². The van der Waals surface area contributed by atoms with Crippen molar-refractivity contribution in [3.05, 3.63) is 16.8 Å². The first-order valence-electron chi connectivity index (χ1n) is 13.0. The van der Waals surface area contributed by atoms with Crippen LogP contribution < -0.4 is 4.74 Å². The maximum atomic E-state index is 12.5. The van der Waals surface area contributed by atoms with Crippen molar-refractivity contribution in [2.75, 3.05) is 39.5 Å². The summed E-state index contributed by atoms with van der Waals surface area (Å²) in [5.41, 5.74) is 1.22. The summed E-state index contributed by atoms with van der Waals surface area (Å²) in [5, 5.41) is 0.995. The standard InChI is InChI=1S/C25H36N4O5S2/c1-28(15-21(30)29-12-3-4-13-29)18-6-8-19(9-7-18)34-24-23-22-17(11-14-33-36(2,31)32)5-10-20(22)35-25(23)27-16-26-24/h16-19H,3-15H2,1-2H3/t17-,18-,19-/m1/s1. The van der Waals surface area contributed by atoms with Gasteiger partial charge in [0.15, 0.2) is 0 Å². The Bertz CT molecular complexity index is 1190. The van der Waals surface area contributed by atoms with Crippen LogP contribution in [0.3, 0.4) is 0 Å². The van der Waals surface area contributed by atoms with Gasteiger partial charge in [-0.15, -0.1) is 11.3 Å². The second-order valence-corrected chi connectivity index (χ2v) is 13.1. The van der Waals surface area contributed by atoms with Crippen LogP contribution in [-0.2, 0) is 25.5 Å². The molecule has 0 aromatic carbocycles. The van der Waals surface area contributed by atoms with Gasteiger partial charge >= 0.3 is 0 Å². The van der Waals surface area contributed by atoms with Crippen molar-refractivity contribution in [3.8, 4) is 5.88 Å². The van der Waals surface area contributed by atoms with E-state index in [0.29, 0.717) is 24.9 Å². The molecule has 1 amide bonds. The second-order valence-electron chi connectivity index (χ2n) is 10.4. The SMILES string of the molecule is CN(CC(=O)N1CCCC1)[C@H]1CC[C@H](Oc2ncnc3sc4c(c23)[C@@H](CCOS(C)(=O)=O)CC4)CC1. The lowest BCUT2D eigenvalue weighted by Crippen LogP contribution is -2.44. The molecule has 3 aliphatic rings. The van der Waals surface area contributed by atoms with Gasteiger partial charge in [-0.2, -0.15) is 8.42 Å². The summed E-state index contributed by atoms with van der Waals surface area (Å²) in [6.07, 6.45) is 11.4. The molecule has 2 aromatic rings. The molecule has 2 aliphatic carbocycles. The van der Waals surface area contributed by atoms with Gasteiger partial charge in [0.1, 0.15) is 17.3 Å². The molecule has 0 radical (unpaired) electrons. The van der Waals surface area contributed by atoms with Crippen molar-refractivity contribution in [1.29, 1.82) is 0 Å². The molecule has 36 heavy (non-hydrogen) atoms. The minimum absolute atomic E-state index is 0.0889. The Hall–Kier alpha value is -1.82. The Kier molecular flexibility index (Phi) is 7.81. The fraction of sp³-hybridized carbons (Fsp3) is 0.720. The molecule has 9 nitrogen and oxygen atoms in total. The van der Waals surface area contributed by atoms with Crippen LogP contribution >= 0.6 is 11.3 Å². The predicted octanol–water partition coefficient (Wildman–Crippen LogP) is 3.33. The monoisotopic (exact) mass is 536 g/mol. The van der Waals surface area contributed by atoms with Crippen LogP contribution in [-0.4, -0.2) is 85.8 Å². The van der Waals surface area contributed by atoms with Gasteiger partial charge in [-0.1, -0.05) is 0 Å². The average molecular weight is 537 g/mol. The highest BCUT2D eigenvalue weighted by molar-refractivity contribution is 7.85. The Morgan fingerprint density at radius 1 is 1.17 bits per heavy atom. The molecular weight excluding hydrogens is 500 g/mol. The van der Waals surface area contributed by atoms with Crippen molar-refractivity contribution in [3.63, 3.8) is 0 Å². The van der Waals surface area contributed by atoms with Gasteiger partial charge < -0.3 is 9.64 Å². The smallest absolute Gasteiger partial charge is 0.264 e. The summed E-state index contributed by atoms with van der Waals surface area (Å²) in [6.45, 7) is 2.48. The lowest BCUT2D eigenvalue weighted by Gasteiger charge is -2.35. The fourth-order valence-corrected chi connectivity index (χ4v) is 7.56. The average Bonchev–Trinajstić information content (AvgIpc) is 3.57. The van der Waals surface area contributed by atoms with Crippen molar-refractivity contribution < 1.29 is 22.1 Å². The van der Waals surface area contributed by atoms with Crippen LogP contribution in [0.2, 0.25) is 0 Å². The summed E-state index contributed by atoms with van der Waals surface area (Å²) in [5.74, 6) is 1.12. The third kappa shape index (κ3) is 5.84. The molecule has 3 heterocycles. The molecule has 0 N–H and O–H groups in total. The number of likely N-dealkylation sites (tertiary alicyclic amines) is 1. The largest absolute Gasteiger partial charge is 0.474 e. The van der Waals surface area contributed by atoms with Gasteiger partial charge in [-0.3, -0.25) is 13.9 Å². The van der Waals surface area contributed by atoms with Crippen molar-refractivity contribution in [2.24, 2.45) is 0 Å². The Morgan fingerprint density at radius 2 is 1.92 bits per heavy atom. The number of aromatic nitrogens is 2. The summed E-state index contributed by atoms with van der Waals surface area (Å²) < 4.78 is 34.3. The quantitative estimate of drug-likeness (QED) is 0.450. The summed E-state index contributed by atoms with van der Waals surface area (Å²) in [6, 6.07) is 0.395. The number of aryl methyl sites for hydroxylation is 1. The third-order valence-electron chi connectivity index (χ3n) is 7.85. The number of thiophene rings is 1. The highest BCUT2D eigenvalue weighted by Gasteiger charge is 2.32. The number of nitrogens with zero attached hydrogens (tertiary/aromatic N) is 4. The maximum Gasteiger partial charge on any atom is 0.264 e. The van der Waals surface area contributed by atoms with Crippen molar-refractivity contribution in [2.45, 2.75) is 75.9 Å². The van der Waals surface area contributed by atoms with Gasteiger partial charge in [-0.25, -0.2) is 9.97 Å². The molecule has 2 aromatic heterocycles. The van der Waals surface area contributed by atoms with Gasteiger partial charge in [0.2, 0.25) is 11.8 Å². The summed E-state index contributed by atoms with van der Waals surface area (Å²) >= 11 is 1.69. The number of rotatable bonds is 9. The highest BCUT2D eigenvalue weighted by atomic mass is 32.2. The molecular formula is C25H36N4O5S2. The van der Waals surface area contributed by atoms with Crippen LogP contribution in [0.4, 0.5) is 0 Å². The Balaban J connectivity index is 1.21. The zero-order valence-electron chi connectivity index (χ0n) is 21.1. The molecule has 1 saturated heterocycles. The van der Waals surface area contributed by atoms with E-state index in [1.807, 2.05) is 4.90 Å². The van der Waals surface area contributed by atoms with Crippen LogP contribution in [0.1, 0.15) is 67.7 Å². The van der Waals surface area contributed by atoms with E-state index in [0.717, 1.165) is 80.9 Å². The zero-order valence-corrected chi connectivity index (χ0v) is 22.8. The molecule has 2 fully saturated rings. The van der Waals surface area contributed by atoms with Crippen molar-refractivity contribution in [1.82, 2.24) is 19.8 Å². The molecule has 198 valence electrons. The van der Waals surface area contributed by atoms with Gasteiger partial charge in [0.05, 0.1) is 24.8 Å². The molecule has 1 saturated carbocycles. The van der Waals surface area contributed by atoms with Gasteiger partial charge in [-0.05, 0) is 76.3 Å².